The van der Waals surface area contributed by atoms with Gasteiger partial charge in [-0.05, 0) is 42.3 Å². The number of rotatable bonds is 13. The zero-order valence-corrected chi connectivity index (χ0v) is 22.1. The molecule has 0 bridgehead atoms. The van der Waals surface area contributed by atoms with Crippen molar-refractivity contribution in [1.29, 1.82) is 5.26 Å². The van der Waals surface area contributed by atoms with Gasteiger partial charge in [0.25, 0.3) is 5.91 Å². The quantitative estimate of drug-likeness (QED) is 0.189. The second-order valence-corrected chi connectivity index (χ2v) is 9.22. The molecule has 0 aliphatic heterocycles. The molecule has 0 saturated heterocycles. The lowest BCUT2D eigenvalue weighted by atomic mass is 10.1. The molecule has 37 heavy (non-hydrogen) atoms. The molecule has 0 aliphatic rings. The number of benzene rings is 2. The lowest BCUT2D eigenvalue weighted by Crippen LogP contribution is -2.13. The molecule has 3 rings (SSSR count). The molecule has 10 heteroatoms. The molecule has 0 radical (unpaired) electrons. The van der Waals surface area contributed by atoms with Crippen LogP contribution in [0.5, 0.6) is 17.2 Å². The number of nitrogens with zero attached hydrogens (tertiary/aromatic N) is 3. The standard InChI is InChI=1S/C27H30N4O5S/c1-18(2)26-30-31-27(37-26)29-25(32)21(17-28)15-20-9-10-23(24(16-20)33-4)36-14-12-34-11-13-35-22-8-6-5-7-19(22)3/h5-10,15-16,18H,11-14H2,1-4H3,(H,29,31,32)/b21-15-. The smallest absolute Gasteiger partial charge is 0.268 e. The van der Waals surface area contributed by atoms with Gasteiger partial charge in [-0.2, -0.15) is 5.26 Å². The summed E-state index contributed by atoms with van der Waals surface area (Å²) in [5.74, 6) is 1.49. The average Bonchev–Trinajstić information content (AvgIpc) is 3.37. The second-order valence-electron chi connectivity index (χ2n) is 8.21. The lowest BCUT2D eigenvalue weighted by molar-refractivity contribution is -0.112. The van der Waals surface area contributed by atoms with Gasteiger partial charge < -0.3 is 18.9 Å². The summed E-state index contributed by atoms with van der Waals surface area (Å²) < 4.78 is 22.5. The predicted molar refractivity (Wildman–Crippen MR) is 142 cm³/mol. The number of amides is 1. The largest absolute Gasteiger partial charge is 0.493 e. The van der Waals surface area contributed by atoms with Crippen molar-refractivity contribution < 1.29 is 23.7 Å². The first-order valence-electron chi connectivity index (χ1n) is 11.7. The lowest BCUT2D eigenvalue weighted by Gasteiger charge is -2.12. The molecule has 0 spiro atoms. The van der Waals surface area contributed by atoms with Crippen LogP contribution in [-0.2, 0) is 9.53 Å². The van der Waals surface area contributed by atoms with Crippen molar-refractivity contribution in [1.82, 2.24) is 10.2 Å². The molecular formula is C27H30N4O5S. The molecule has 0 aliphatic carbocycles. The molecule has 1 N–H and O–H groups in total. The molecule has 1 aromatic heterocycles. The van der Waals surface area contributed by atoms with Gasteiger partial charge in [0.2, 0.25) is 5.13 Å². The van der Waals surface area contributed by atoms with E-state index >= 15 is 0 Å². The van der Waals surface area contributed by atoms with Crippen LogP contribution < -0.4 is 19.5 Å². The number of hydrogen-bond donors (Lipinski definition) is 1. The maximum atomic E-state index is 12.6. The fourth-order valence-electron chi connectivity index (χ4n) is 3.13. The first-order valence-corrected chi connectivity index (χ1v) is 12.6. The minimum absolute atomic E-state index is 0.0710. The molecule has 9 nitrogen and oxygen atoms in total. The van der Waals surface area contributed by atoms with Crippen LogP contribution >= 0.6 is 11.3 Å². The Hall–Kier alpha value is -3.94. The van der Waals surface area contributed by atoms with Gasteiger partial charge in [0.1, 0.15) is 35.6 Å². The van der Waals surface area contributed by atoms with Gasteiger partial charge in [0.15, 0.2) is 11.5 Å². The highest BCUT2D eigenvalue weighted by molar-refractivity contribution is 7.15. The highest BCUT2D eigenvalue weighted by atomic mass is 32.1. The number of ether oxygens (including phenoxy) is 4. The number of aryl methyl sites for hydroxylation is 1. The number of aromatic nitrogens is 2. The van der Waals surface area contributed by atoms with Crippen LogP contribution in [0.1, 0.15) is 35.9 Å². The van der Waals surface area contributed by atoms with Gasteiger partial charge in [0, 0.05) is 5.92 Å². The third kappa shape index (κ3) is 8.31. The summed E-state index contributed by atoms with van der Waals surface area (Å²) in [4.78, 5) is 12.6. The van der Waals surface area contributed by atoms with Crippen molar-refractivity contribution in [2.24, 2.45) is 0 Å². The van der Waals surface area contributed by atoms with Crippen molar-refractivity contribution in [2.75, 3.05) is 38.9 Å². The van der Waals surface area contributed by atoms with Crippen molar-refractivity contribution in [3.8, 4) is 23.3 Å². The van der Waals surface area contributed by atoms with Gasteiger partial charge in [-0.1, -0.05) is 49.4 Å². The third-order valence-electron chi connectivity index (χ3n) is 5.08. The van der Waals surface area contributed by atoms with Crippen LogP contribution in [0.4, 0.5) is 5.13 Å². The van der Waals surface area contributed by atoms with E-state index in [1.165, 1.54) is 24.5 Å². The van der Waals surface area contributed by atoms with Gasteiger partial charge in [-0.3, -0.25) is 10.1 Å². The Morgan fingerprint density at radius 3 is 2.43 bits per heavy atom. The molecule has 0 atom stereocenters. The summed E-state index contributed by atoms with van der Waals surface area (Å²) in [5.41, 5.74) is 1.62. The summed E-state index contributed by atoms with van der Waals surface area (Å²) in [6.07, 6.45) is 1.48. The van der Waals surface area contributed by atoms with Gasteiger partial charge in [-0.25, -0.2) is 0 Å². The zero-order chi connectivity index (χ0) is 26.6. The number of anilines is 1. The molecule has 1 heterocycles. The highest BCUT2D eigenvalue weighted by Crippen LogP contribution is 2.29. The average molecular weight is 523 g/mol. The minimum atomic E-state index is -0.559. The van der Waals surface area contributed by atoms with Crippen molar-refractivity contribution in [2.45, 2.75) is 26.7 Å². The molecule has 3 aromatic rings. The molecule has 1 amide bonds. The molecule has 2 aromatic carbocycles. The third-order valence-corrected chi connectivity index (χ3v) is 6.22. The van der Waals surface area contributed by atoms with E-state index in [4.69, 9.17) is 18.9 Å². The van der Waals surface area contributed by atoms with Gasteiger partial charge >= 0.3 is 0 Å². The fourth-order valence-corrected chi connectivity index (χ4v) is 3.87. The number of para-hydroxylation sites is 1. The SMILES string of the molecule is COc1cc(/C=C(/C#N)C(=O)Nc2nnc(C(C)C)s2)ccc1OCCOCCOc1ccccc1C. The number of nitrogens with one attached hydrogen (secondary N) is 1. The van der Waals surface area contributed by atoms with E-state index in [1.807, 2.05) is 51.1 Å². The Morgan fingerprint density at radius 2 is 1.78 bits per heavy atom. The normalized spacial score (nSPS) is 11.2. The van der Waals surface area contributed by atoms with Crippen LogP contribution in [0.2, 0.25) is 0 Å². The van der Waals surface area contributed by atoms with E-state index in [9.17, 15) is 10.1 Å². The van der Waals surface area contributed by atoms with Crippen LogP contribution in [0.25, 0.3) is 6.08 Å². The predicted octanol–water partition coefficient (Wildman–Crippen LogP) is 5.00. The Labute approximate surface area is 220 Å². The van der Waals surface area contributed by atoms with Gasteiger partial charge in [0.05, 0.1) is 20.3 Å². The maximum Gasteiger partial charge on any atom is 0.268 e. The van der Waals surface area contributed by atoms with Crippen LogP contribution in [0, 0.1) is 18.3 Å². The van der Waals surface area contributed by atoms with Crippen LogP contribution in [-0.4, -0.2) is 49.6 Å². The van der Waals surface area contributed by atoms with Crippen molar-refractivity contribution in [3.63, 3.8) is 0 Å². The molecule has 0 unspecified atom stereocenters. The van der Waals surface area contributed by atoms with E-state index in [1.54, 1.807) is 18.2 Å². The first-order chi connectivity index (χ1) is 17.9. The van der Waals surface area contributed by atoms with Crippen molar-refractivity contribution in [3.05, 3.63) is 64.2 Å². The Bertz CT molecular complexity index is 1270. The van der Waals surface area contributed by atoms with E-state index in [0.717, 1.165) is 16.3 Å². The minimum Gasteiger partial charge on any atom is -0.493 e. The topological polar surface area (TPSA) is 116 Å². The molecular weight excluding hydrogens is 492 g/mol. The summed E-state index contributed by atoms with van der Waals surface area (Å²) in [7, 11) is 1.52. The summed E-state index contributed by atoms with van der Waals surface area (Å²) in [6.45, 7) is 7.56. The monoisotopic (exact) mass is 522 g/mol. The van der Waals surface area contributed by atoms with Gasteiger partial charge in [-0.15, -0.1) is 10.2 Å². The fraction of sp³-hybridized carbons (Fsp3) is 0.333. The number of carbonyl (C=O) groups excluding carboxylic acids is 1. The van der Waals surface area contributed by atoms with E-state index in [0.29, 0.717) is 48.6 Å². The second kappa shape index (κ2) is 14.0. The Kier molecular flexibility index (Phi) is 10.4. The maximum absolute atomic E-state index is 12.6. The Morgan fingerprint density at radius 1 is 1.05 bits per heavy atom. The molecule has 194 valence electrons. The number of nitriles is 1. The van der Waals surface area contributed by atoms with E-state index in [2.05, 4.69) is 15.5 Å². The van der Waals surface area contributed by atoms with Crippen LogP contribution in [0.15, 0.2) is 48.0 Å². The highest BCUT2D eigenvalue weighted by Gasteiger charge is 2.15. The summed E-state index contributed by atoms with van der Waals surface area (Å²) >= 11 is 1.28. The number of carbonyl (C=O) groups is 1. The summed E-state index contributed by atoms with van der Waals surface area (Å²) in [5, 5.41) is 21.3. The number of methoxy groups -OCH3 is 1. The van der Waals surface area contributed by atoms with Crippen molar-refractivity contribution >= 4 is 28.5 Å². The molecule has 0 fully saturated rings. The van der Waals surface area contributed by atoms with E-state index < -0.39 is 5.91 Å². The summed E-state index contributed by atoms with van der Waals surface area (Å²) in [6, 6.07) is 14.9. The number of hydrogen-bond acceptors (Lipinski definition) is 9. The Balaban J connectivity index is 1.50. The van der Waals surface area contributed by atoms with E-state index in [-0.39, 0.29) is 11.5 Å². The molecule has 0 saturated carbocycles. The first kappa shape index (κ1) is 27.6. The van der Waals surface area contributed by atoms with Crippen LogP contribution in [0.3, 0.4) is 0 Å². The zero-order valence-electron chi connectivity index (χ0n) is 21.3.